The molecule has 27 heavy (non-hydrogen) atoms. The minimum Gasteiger partial charge on any atom is -0.411 e. The highest BCUT2D eigenvalue weighted by molar-refractivity contribution is 6.74. The third kappa shape index (κ3) is 4.36. The number of hydrogen-bond donors (Lipinski definition) is 1. The summed E-state index contributed by atoms with van der Waals surface area (Å²) in [6, 6.07) is 0. The number of nitrogens with zero attached hydrogens (tertiary/aromatic N) is 1. The van der Waals surface area contributed by atoms with E-state index in [0.717, 1.165) is 6.42 Å². The first kappa shape index (κ1) is 21.9. The van der Waals surface area contributed by atoms with E-state index in [0.29, 0.717) is 12.1 Å². The van der Waals surface area contributed by atoms with Gasteiger partial charge in [-0.05, 0) is 24.6 Å². The Labute approximate surface area is 162 Å². The van der Waals surface area contributed by atoms with Crippen molar-refractivity contribution >= 4 is 8.32 Å². The molecule has 1 N–H and O–H groups in total. The molecule has 0 radical (unpaired) electrons. The van der Waals surface area contributed by atoms with Crippen LogP contribution in [-0.4, -0.2) is 30.1 Å². The summed E-state index contributed by atoms with van der Waals surface area (Å²) >= 11 is 0. The highest BCUT2D eigenvalue weighted by Crippen LogP contribution is 2.45. The molecule has 1 unspecified atom stereocenters. The van der Waals surface area contributed by atoms with E-state index in [1.165, 1.54) is 4.57 Å². The molecule has 0 bridgehead atoms. The molecule has 4 atom stereocenters. The summed E-state index contributed by atoms with van der Waals surface area (Å²) in [5.41, 5.74) is -0.398. The van der Waals surface area contributed by atoms with Crippen LogP contribution < -0.4 is 11.2 Å². The van der Waals surface area contributed by atoms with Crippen molar-refractivity contribution < 1.29 is 9.16 Å². The molecule has 0 aromatic carbocycles. The Kier molecular flexibility index (Phi) is 6.39. The van der Waals surface area contributed by atoms with E-state index in [2.05, 4.69) is 59.3 Å². The fourth-order valence-corrected chi connectivity index (χ4v) is 4.66. The zero-order valence-electron chi connectivity index (χ0n) is 17.7. The molecule has 6 nitrogen and oxygen atoms in total. The van der Waals surface area contributed by atoms with Gasteiger partial charge in [-0.3, -0.25) is 14.3 Å². The Morgan fingerprint density at radius 3 is 2.52 bits per heavy atom. The van der Waals surface area contributed by atoms with Gasteiger partial charge in [-0.15, -0.1) is 6.58 Å². The lowest BCUT2D eigenvalue weighted by Crippen LogP contribution is -2.46. The van der Waals surface area contributed by atoms with Crippen LogP contribution in [0, 0.1) is 5.92 Å². The minimum absolute atomic E-state index is 0.0175. The number of nitrogens with one attached hydrogen (secondary N) is 1. The second kappa shape index (κ2) is 7.89. The standard InChI is InChI=1S/C20H34N2O4Si/c1-9-11-22-12-14(18(23)21-19(22)24)17-16(13(3)15(10-2)25-17)26-27(7,8)20(4,5)6/h9,12-13,15-17H,1,10-11H2,2-8H3,(H,21,23,24)/t13?,15-,16+,17+/m1/s1. The van der Waals surface area contributed by atoms with Gasteiger partial charge in [-0.1, -0.05) is 40.7 Å². The van der Waals surface area contributed by atoms with E-state index in [1.54, 1.807) is 12.3 Å². The normalized spacial score (nSPS) is 26.3. The van der Waals surface area contributed by atoms with Crippen molar-refractivity contribution in [1.29, 1.82) is 0 Å². The van der Waals surface area contributed by atoms with E-state index < -0.39 is 25.7 Å². The molecule has 2 rings (SSSR count). The Hall–Kier alpha value is -1.44. The van der Waals surface area contributed by atoms with E-state index in [9.17, 15) is 9.59 Å². The topological polar surface area (TPSA) is 73.3 Å². The van der Waals surface area contributed by atoms with Crippen LogP contribution in [0.25, 0.3) is 0 Å². The molecule has 1 aromatic rings. The van der Waals surface area contributed by atoms with Gasteiger partial charge in [-0.2, -0.15) is 0 Å². The van der Waals surface area contributed by atoms with Crippen molar-refractivity contribution in [2.24, 2.45) is 5.92 Å². The summed E-state index contributed by atoms with van der Waals surface area (Å²) in [7, 11) is -2.06. The lowest BCUT2D eigenvalue weighted by Gasteiger charge is -2.40. The van der Waals surface area contributed by atoms with Gasteiger partial charge in [0.2, 0.25) is 0 Å². The molecule has 0 amide bonds. The van der Waals surface area contributed by atoms with Crippen LogP contribution in [0.4, 0.5) is 0 Å². The first-order valence-corrected chi connectivity index (χ1v) is 12.6. The predicted octanol–water partition coefficient (Wildman–Crippen LogP) is 3.60. The van der Waals surface area contributed by atoms with Crippen LogP contribution in [0.15, 0.2) is 28.4 Å². The molecular weight excluding hydrogens is 360 g/mol. The molecule has 152 valence electrons. The fourth-order valence-electron chi connectivity index (χ4n) is 3.28. The fraction of sp³-hybridized carbons (Fsp3) is 0.700. The molecule has 0 saturated carbocycles. The lowest BCUT2D eigenvalue weighted by atomic mass is 9.95. The molecule has 1 fully saturated rings. The zero-order chi connectivity index (χ0) is 20.6. The van der Waals surface area contributed by atoms with E-state index >= 15 is 0 Å². The van der Waals surface area contributed by atoms with Crippen molar-refractivity contribution in [1.82, 2.24) is 9.55 Å². The first-order valence-electron chi connectivity index (χ1n) is 9.70. The van der Waals surface area contributed by atoms with Crippen molar-refractivity contribution in [3.8, 4) is 0 Å². The van der Waals surface area contributed by atoms with Crippen molar-refractivity contribution in [3.63, 3.8) is 0 Å². The van der Waals surface area contributed by atoms with Crippen molar-refractivity contribution in [2.75, 3.05) is 0 Å². The summed E-state index contributed by atoms with van der Waals surface area (Å²) < 4.78 is 14.4. The van der Waals surface area contributed by atoms with Crippen LogP contribution in [-0.2, 0) is 15.7 Å². The summed E-state index contributed by atoms with van der Waals surface area (Å²) in [6.07, 6.45) is 3.38. The maximum atomic E-state index is 12.6. The minimum atomic E-state index is -2.06. The summed E-state index contributed by atoms with van der Waals surface area (Å²) in [5.74, 6) is 0.160. The third-order valence-corrected chi connectivity index (χ3v) is 10.5. The van der Waals surface area contributed by atoms with Gasteiger partial charge in [0.15, 0.2) is 8.32 Å². The number of allylic oxidation sites excluding steroid dienone is 1. The summed E-state index contributed by atoms with van der Waals surface area (Å²) in [4.78, 5) is 27.0. The zero-order valence-corrected chi connectivity index (χ0v) is 18.7. The maximum absolute atomic E-state index is 12.6. The largest absolute Gasteiger partial charge is 0.411 e. The highest BCUT2D eigenvalue weighted by Gasteiger charge is 2.49. The monoisotopic (exact) mass is 394 g/mol. The highest BCUT2D eigenvalue weighted by atomic mass is 28.4. The number of rotatable bonds is 6. The molecule has 7 heteroatoms. The van der Waals surface area contributed by atoms with Crippen LogP contribution in [0.2, 0.25) is 18.1 Å². The second-order valence-electron chi connectivity index (χ2n) is 8.99. The predicted molar refractivity (Wildman–Crippen MR) is 111 cm³/mol. The van der Waals surface area contributed by atoms with Crippen molar-refractivity contribution in [2.45, 2.75) is 84.0 Å². The number of aromatic amines is 1. The number of ether oxygens (including phenoxy) is 1. The Bertz CT molecular complexity index is 790. The van der Waals surface area contributed by atoms with Gasteiger partial charge < -0.3 is 9.16 Å². The first-order chi connectivity index (χ1) is 12.4. The second-order valence-corrected chi connectivity index (χ2v) is 13.7. The van der Waals surface area contributed by atoms with Crippen LogP contribution >= 0.6 is 0 Å². The van der Waals surface area contributed by atoms with Gasteiger partial charge in [0, 0.05) is 18.7 Å². The SMILES string of the molecule is C=CCn1cc([C@@H]2O[C@H](CC)C(C)[C@@H]2O[Si](C)(C)C(C)(C)C)c(=O)[nH]c1=O. The van der Waals surface area contributed by atoms with Crippen LogP contribution in [0.5, 0.6) is 0 Å². The number of aromatic nitrogens is 2. The van der Waals surface area contributed by atoms with Crippen LogP contribution in [0.3, 0.4) is 0 Å². The summed E-state index contributed by atoms with van der Waals surface area (Å²) in [5, 5.41) is 0.0512. The maximum Gasteiger partial charge on any atom is 0.328 e. The molecule has 1 aromatic heterocycles. The third-order valence-electron chi connectivity index (χ3n) is 6.03. The Balaban J connectivity index is 2.49. The molecule has 1 aliphatic heterocycles. The number of H-pyrrole nitrogens is 1. The summed E-state index contributed by atoms with van der Waals surface area (Å²) in [6.45, 7) is 19.2. The molecule has 1 aliphatic rings. The lowest BCUT2D eigenvalue weighted by molar-refractivity contribution is 0.00955. The molecule has 1 saturated heterocycles. The average molecular weight is 395 g/mol. The Morgan fingerprint density at radius 2 is 2.00 bits per heavy atom. The molecule has 2 heterocycles. The van der Waals surface area contributed by atoms with E-state index in [-0.39, 0.29) is 23.2 Å². The van der Waals surface area contributed by atoms with Crippen LogP contribution in [0.1, 0.15) is 52.7 Å². The molecule has 0 aliphatic carbocycles. The van der Waals surface area contributed by atoms with Gasteiger partial charge in [0.1, 0.15) is 6.10 Å². The molecular formula is C20H34N2O4Si. The van der Waals surface area contributed by atoms with Gasteiger partial charge >= 0.3 is 5.69 Å². The smallest absolute Gasteiger partial charge is 0.328 e. The molecule has 0 spiro atoms. The van der Waals surface area contributed by atoms with E-state index in [4.69, 9.17) is 9.16 Å². The van der Waals surface area contributed by atoms with Crippen molar-refractivity contribution in [3.05, 3.63) is 45.3 Å². The van der Waals surface area contributed by atoms with E-state index in [1.807, 2.05) is 0 Å². The Morgan fingerprint density at radius 1 is 1.37 bits per heavy atom. The van der Waals surface area contributed by atoms with Gasteiger partial charge in [0.25, 0.3) is 5.56 Å². The average Bonchev–Trinajstić information content (AvgIpc) is 2.85. The number of hydrogen-bond acceptors (Lipinski definition) is 4. The quantitative estimate of drug-likeness (QED) is 0.591. The van der Waals surface area contributed by atoms with Gasteiger partial charge in [-0.25, -0.2) is 4.79 Å². The van der Waals surface area contributed by atoms with Gasteiger partial charge in [0.05, 0.1) is 17.8 Å².